The molecule has 1 heterocycles. The number of carbonyl (C=O) groups is 1. The minimum absolute atomic E-state index is 0.120. The molecule has 1 aliphatic carbocycles. The molecule has 4 nitrogen and oxygen atoms in total. The van der Waals surface area contributed by atoms with Crippen molar-refractivity contribution in [3.8, 4) is 0 Å². The normalized spacial score (nSPS) is 27.9. The standard InChI is InChI=1S/C16H22N2O2/c19-13-6-5-11(7-13)9-18-16(20)8-12-10-17-15-4-2-1-3-14(12)15/h1-4,11-13,17,19H,5-10H2,(H,18,20). The first kappa shape index (κ1) is 13.4. The molecule has 1 aromatic rings. The number of nitrogens with one attached hydrogen (secondary N) is 2. The van der Waals surface area contributed by atoms with Crippen LogP contribution in [0.2, 0.25) is 0 Å². The van der Waals surface area contributed by atoms with Gasteiger partial charge in [-0.1, -0.05) is 18.2 Å². The van der Waals surface area contributed by atoms with Gasteiger partial charge in [0.2, 0.25) is 5.91 Å². The lowest BCUT2D eigenvalue weighted by Gasteiger charge is -2.13. The van der Waals surface area contributed by atoms with Gasteiger partial charge in [-0.05, 0) is 36.8 Å². The Hall–Kier alpha value is -1.55. The summed E-state index contributed by atoms with van der Waals surface area (Å²) in [6.07, 6.45) is 3.10. The van der Waals surface area contributed by atoms with Crippen molar-refractivity contribution in [1.29, 1.82) is 0 Å². The highest BCUT2D eigenvalue weighted by Gasteiger charge is 2.26. The Labute approximate surface area is 119 Å². The van der Waals surface area contributed by atoms with Gasteiger partial charge in [0.25, 0.3) is 0 Å². The molecule has 0 spiro atoms. The van der Waals surface area contributed by atoms with Crippen molar-refractivity contribution in [3.63, 3.8) is 0 Å². The zero-order valence-electron chi connectivity index (χ0n) is 11.6. The lowest BCUT2D eigenvalue weighted by atomic mass is 9.97. The van der Waals surface area contributed by atoms with E-state index in [1.165, 1.54) is 5.56 Å². The second-order valence-electron chi connectivity index (χ2n) is 6.01. The van der Waals surface area contributed by atoms with Crippen LogP contribution in [0.5, 0.6) is 0 Å². The summed E-state index contributed by atoms with van der Waals surface area (Å²) in [4.78, 5) is 12.0. The summed E-state index contributed by atoms with van der Waals surface area (Å²) in [6, 6.07) is 8.20. The van der Waals surface area contributed by atoms with Crippen LogP contribution in [0.15, 0.2) is 24.3 Å². The van der Waals surface area contributed by atoms with E-state index in [2.05, 4.69) is 22.8 Å². The van der Waals surface area contributed by atoms with Gasteiger partial charge in [0.1, 0.15) is 0 Å². The number of para-hydroxylation sites is 1. The fraction of sp³-hybridized carbons (Fsp3) is 0.562. The van der Waals surface area contributed by atoms with Gasteiger partial charge in [-0.25, -0.2) is 0 Å². The lowest BCUT2D eigenvalue weighted by molar-refractivity contribution is -0.121. The highest BCUT2D eigenvalue weighted by Crippen LogP contribution is 2.33. The van der Waals surface area contributed by atoms with Gasteiger partial charge in [-0.2, -0.15) is 0 Å². The number of aliphatic hydroxyl groups excluding tert-OH is 1. The maximum absolute atomic E-state index is 12.0. The molecule has 1 saturated carbocycles. The molecule has 3 N–H and O–H groups in total. The fourth-order valence-electron chi connectivity index (χ4n) is 3.33. The van der Waals surface area contributed by atoms with Gasteiger partial charge in [-0.15, -0.1) is 0 Å². The molecule has 0 saturated heterocycles. The number of hydrogen-bond acceptors (Lipinski definition) is 3. The van der Waals surface area contributed by atoms with Crippen LogP contribution in [0.4, 0.5) is 5.69 Å². The predicted octanol–water partition coefficient (Wildman–Crippen LogP) is 1.86. The highest BCUT2D eigenvalue weighted by molar-refractivity contribution is 5.78. The van der Waals surface area contributed by atoms with Crippen LogP contribution in [0, 0.1) is 5.92 Å². The molecular formula is C16H22N2O2. The Balaban J connectivity index is 1.48. The Kier molecular flexibility index (Phi) is 3.92. The van der Waals surface area contributed by atoms with Crippen LogP contribution in [0.25, 0.3) is 0 Å². The summed E-state index contributed by atoms with van der Waals surface area (Å²) in [5, 5.41) is 15.9. The molecule has 2 aliphatic rings. The third-order valence-electron chi connectivity index (χ3n) is 4.47. The van der Waals surface area contributed by atoms with E-state index in [9.17, 15) is 9.90 Å². The summed E-state index contributed by atoms with van der Waals surface area (Å²) in [5.41, 5.74) is 2.41. The summed E-state index contributed by atoms with van der Waals surface area (Å²) < 4.78 is 0. The smallest absolute Gasteiger partial charge is 0.220 e. The molecule has 1 aromatic carbocycles. The minimum atomic E-state index is -0.164. The van der Waals surface area contributed by atoms with Crippen molar-refractivity contribution in [2.24, 2.45) is 5.92 Å². The monoisotopic (exact) mass is 274 g/mol. The van der Waals surface area contributed by atoms with Crippen LogP contribution in [0.3, 0.4) is 0 Å². The lowest BCUT2D eigenvalue weighted by Crippen LogP contribution is -2.30. The quantitative estimate of drug-likeness (QED) is 0.785. The molecule has 4 heteroatoms. The maximum atomic E-state index is 12.0. The van der Waals surface area contributed by atoms with E-state index in [1.807, 2.05) is 12.1 Å². The Morgan fingerprint density at radius 3 is 3.00 bits per heavy atom. The molecule has 1 fully saturated rings. The first-order valence-corrected chi connectivity index (χ1v) is 7.50. The van der Waals surface area contributed by atoms with Crippen LogP contribution < -0.4 is 10.6 Å². The number of carbonyl (C=O) groups excluding carboxylic acids is 1. The van der Waals surface area contributed by atoms with Gasteiger partial charge >= 0.3 is 0 Å². The van der Waals surface area contributed by atoms with E-state index < -0.39 is 0 Å². The van der Waals surface area contributed by atoms with Crippen molar-refractivity contribution in [2.45, 2.75) is 37.7 Å². The zero-order chi connectivity index (χ0) is 13.9. The molecule has 20 heavy (non-hydrogen) atoms. The van der Waals surface area contributed by atoms with Crippen LogP contribution in [-0.4, -0.2) is 30.2 Å². The average molecular weight is 274 g/mol. The highest BCUT2D eigenvalue weighted by atomic mass is 16.3. The van der Waals surface area contributed by atoms with Crippen LogP contribution >= 0.6 is 0 Å². The largest absolute Gasteiger partial charge is 0.393 e. The zero-order valence-corrected chi connectivity index (χ0v) is 11.6. The first-order valence-electron chi connectivity index (χ1n) is 7.50. The summed E-state index contributed by atoms with van der Waals surface area (Å²) in [5.74, 6) is 0.846. The number of amides is 1. The Morgan fingerprint density at radius 1 is 1.35 bits per heavy atom. The molecule has 108 valence electrons. The SMILES string of the molecule is O=C(CC1CNc2ccccc21)NCC1CCC(O)C1. The molecule has 1 aliphatic heterocycles. The molecule has 3 atom stereocenters. The third kappa shape index (κ3) is 2.96. The van der Waals surface area contributed by atoms with Crippen molar-refractivity contribution in [3.05, 3.63) is 29.8 Å². The van der Waals surface area contributed by atoms with E-state index in [-0.39, 0.29) is 17.9 Å². The maximum Gasteiger partial charge on any atom is 0.220 e. The molecule has 1 amide bonds. The third-order valence-corrected chi connectivity index (χ3v) is 4.47. The van der Waals surface area contributed by atoms with Gasteiger partial charge < -0.3 is 15.7 Å². The van der Waals surface area contributed by atoms with Gasteiger partial charge in [-0.3, -0.25) is 4.79 Å². The molecule has 0 radical (unpaired) electrons. The number of benzene rings is 1. The second kappa shape index (κ2) is 5.83. The van der Waals surface area contributed by atoms with E-state index >= 15 is 0 Å². The summed E-state index contributed by atoms with van der Waals surface area (Å²) in [7, 11) is 0. The number of rotatable bonds is 4. The van der Waals surface area contributed by atoms with Gasteiger partial charge in [0.05, 0.1) is 6.10 Å². The number of anilines is 1. The van der Waals surface area contributed by atoms with Crippen LogP contribution in [-0.2, 0) is 4.79 Å². The predicted molar refractivity (Wildman–Crippen MR) is 78.6 cm³/mol. The van der Waals surface area contributed by atoms with Crippen molar-refractivity contribution < 1.29 is 9.90 Å². The Bertz CT molecular complexity index is 489. The number of aliphatic hydroxyl groups is 1. The number of hydrogen-bond donors (Lipinski definition) is 3. The van der Waals surface area contributed by atoms with E-state index in [4.69, 9.17) is 0 Å². The molecule has 0 aromatic heterocycles. The van der Waals surface area contributed by atoms with Gasteiger partial charge in [0, 0.05) is 31.1 Å². The first-order chi connectivity index (χ1) is 9.72. The number of fused-ring (bicyclic) bond motifs is 1. The molecule has 3 rings (SSSR count). The van der Waals surface area contributed by atoms with Crippen LogP contribution in [0.1, 0.15) is 37.2 Å². The van der Waals surface area contributed by atoms with E-state index in [0.717, 1.165) is 31.5 Å². The molecule has 0 bridgehead atoms. The summed E-state index contributed by atoms with van der Waals surface area (Å²) in [6.45, 7) is 1.55. The average Bonchev–Trinajstić information content (AvgIpc) is 3.04. The summed E-state index contributed by atoms with van der Waals surface area (Å²) >= 11 is 0. The van der Waals surface area contributed by atoms with Crippen molar-refractivity contribution in [2.75, 3.05) is 18.4 Å². The second-order valence-corrected chi connectivity index (χ2v) is 6.01. The van der Waals surface area contributed by atoms with Gasteiger partial charge in [0.15, 0.2) is 0 Å². The van der Waals surface area contributed by atoms with Crippen molar-refractivity contribution >= 4 is 11.6 Å². The van der Waals surface area contributed by atoms with E-state index in [0.29, 0.717) is 18.9 Å². The Morgan fingerprint density at radius 2 is 2.20 bits per heavy atom. The minimum Gasteiger partial charge on any atom is -0.393 e. The fourth-order valence-corrected chi connectivity index (χ4v) is 3.33. The van der Waals surface area contributed by atoms with Crippen molar-refractivity contribution in [1.82, 2.24) is 5.32 Å². The molecule has 3 unspecified atom stereocenters. The van der Waals surface area contributed by atoms with E-state index in [1.54, 1.807) is 0 Å². The topological polar surface area (TPSA) is 61.4 Å². The molecular weight excluding hydrogens is 252 g/mol.